The van der Waals surface area contributed by atoms with Crippen LogP contribution in [0.3, 0.4) is 0 Å². The summed E-state index contributed by atoms with van der Waals surface area (Å²) in [5.41, 5.74) is 0. The normalized spacial score (nSPS) is 25.3. The molecule has 0 unspecified atom stereocenters. The van der Waals surface area contributed by atoms with Crippen LogP contribution in [0, 0.1) is 5.92 Å². The number of hydrogen-bond acceptors (Lipinski definition) is 4. The first-order valence-electron chi connectivity index (χ1n) is 5.43. The molecule has 4 heteroatoms. The highest BCUT2D eigenvalue weighted by Gasteiger charge is 2.37. The van der Waals surface area contributed by atoms with Crippen LogP contribution in [-0.4, -0.2) is 31.1 Å². The molecule has 0 aromatic heterocycles. The fourth-order valence-electron chi connectivity index (χ4n) is 1.55. The van der Waals surface area contributed by atoms with Crippen LogP contribution in [0.1, 0.15) is 33.1 Å². The second kappa shape index (κ2) is 5.85. The minimum Gasteiger partial charge on any atom is -0.459 e. The molecule has 0 bridgehead atoms. The van der Waals surface area contributed by atoms with Gasteiger partial charge in [0.2, 0.25) is 0 Å². The Kier molecular flexibility index (Phi) is 4.75. The molecular weight excluding hydrogens is 196 g/mol. The summed E-state index contributed by atoms with van der Waals surface area (Å²) in [5.74, 6) is -1.08. The van der Waals surface area contributed by atoms with Crippen molar-refractivity contribution >= 4 is 11.8 Å². The van der Waals surface area contributed by atoms with E-state index in [2.05, 4.69) is 6.92 Å². The van der Waals surface area contributed by atoms with Gasteiger partial charge in [0.15, 0.2) is 0 Å². The third kappa shape index (κ3) is 3.63. The van der Waals surface area contributed by atoms with E-state index >= 15 is 0 Å². The third-order valence-electron chi connectivity index (χ3n) is 2.50. The molecule has 1 aliphatic rings. The van der Waals surface area contributed by atoms with Crippen LogP contribution in [0.15, 0.2) is 0 Å². The SMILES string of the molecule is CCCCOC[C@H]1C[C@H](C(C)=O)C(=O)O1. The van der Waals surface area contributed by atoms with Crippen LogP contribution in [0.5, 0.6) is 0 Å². The molecular formula is C11H18O4. The number of ketones is 1. The van der Waals surface area contributed by atoms with E-state index in [-0.39, 0.29) is 11.9 Å². The van der Waals surface area contributed by atoms with E-state index in [0.717, 1.165) is 12.8 Å². The van der Waals surface area contributed by atoms with Gasteiger partial charge in [-0.2, -0.15) is 0 Å². The Bertz CT molecular complexity index is 237. The second-order valence-electron chi connectivity index (χ2n) is 3.89. The lowest BCUT2D eigenvalue weighted by Crippen LogP contribution is -2.16. The number of unbranched alkanes of at least 4 members (excludes halogenated alkanes) is 1. The Balaban J connectivity index is 2.23. The van der Waals surface area contributed by atoms with Crippen molar-refractivity contribution in [1.29, 1.82) is 0 Å². The molecule has 0 spiro atoms. The second-order valence-corrected chi connectivity index (χ2v) is 3.89. The molecule has 1 heterocycles. The summed E-state index contributed by atoms with van der Waals surface area (Å²) in [6, 6.07) is 0. The minimum absolute atomic E-state index is 0.115. The van der Waals surface area contributed by atoms with Gasteiger partial charge in [0.25, 0.3) is 0 Å². The standard InChI is InChI=1S/C11H18O4/c1-3-4-5-14-7-9-6-10(8(2)12)11(13)15-9/h9-10H,3-7H2,1-2H3/t9-,10-/m1/s1. The fourth-order valence-corrected chi connectivity index (χ4v) is 1.55. The van der Waals surface area contributed by atoms with Crippen molar-refractivity contribution in [2.24, 2.45) is 5.92 Å². The van der Waals surface area contributed by atoms with Crippen LogP contribution in [0.2, 0.25) is 0 Å². The molecule has 1 aliphatic heterocycles. The molecule has 0 saturated carbocycles. The maximum absolute atomic E-state index is 11.2. The van der Waals surface area contributed by atoms with Crippen molar-refractivity contribution < 1.29 is 19.1 Å². The Morgan fingerprint density at radius 3 is 2.87 bits per heavy atom. The highest BCUT2D eigenvalue weighted by atomic mass is 16.6. The van der Waals surface area contributed by atoms with Crippen LogP contribution in [-0.2, 0) is 19.1 Å². The molecule has 0 radical (unpaired) electrons. The zero-order chi connectivity index (χ0) is 11.3. The van der Waals surface area contributed by atoms with Gasteiger partial charge < -0.3 is 9.47 Å². The Morgan fingerprint density at radius 2 is 2.33 bits per heavy atom. The molecule has 0 N–H and O–H groups in total. The van der Waals surface area contributed by atoms with Gasteiger partial charge in [-0.05, 0) is 13.3 Å². The summed E-state index contributed by atoms with van der Waals surface area (Å²) >= 11 is 0. The first-order valence-corrected chi connectivity index (χ1v) is 5.43. The maximum atomic E-state index is 11.2. The molecule has 1 fully saturated rings. The molecule has 2 atom stereocenters. The molecule has 1 saturated heterocycles. The van der Waals surface area contributed by atoms with Gasteiger partial charge in [-0.25, -0.2) is 0 Å². The fraction of sp³-hybridized carbons (Fsp3) is 0.818. The number of ether oxygens (including phenoxy) is 2. The third-order valence-corrected chi connectivity index (χ3v) is 2.50. The highest BCUT2D eigenvalue weighted by molar-refractivity contribution is 5.98. The van der Waals surface area contributed by atoms with Gasteiger partial charge in [0, 0.05) is 13.0 Å². The average molecular weight is 214 g/mol. The van der Waals surface area contributed by atoms with Crippen molar-refractivity contribution in [2.45, 2.75) is 39.2 Å². The van der Waals surface area contributed by atoms with Crippen molar-refractivity contribution in [3.8, 4) is 0 Å². The zero-order valence-corrected chi connectivity index (χ0v) is 9.32. The molecule has 1 rings (SSSR count). The largest absolute Gasteiger partial charge is 0.459 e. The van der Waals surface area contributed by atoms with Crippen molar-refractivity contribution in [1.82, 2.24) is 0 Å². The number of esters is 1. The van der Waals surface area contributed by atoms with Crippen LogP contribution in [0.4, 0.5) is 0 Å². The summed E-state index contributed by atoms with van der Waals surface area (Å²) in [5, 5.41) is 0. The number of rotatable bonds is 6. The number of carbonyl (C=O) groups excluding carboxylic acids is 2. The first kappa shape index (κ1) is 12.2. The summed E-state index contributed by atoms with van der Waals surface area (Å²) < 4.78 is 10.4. The molecule has 0 aromatic carbocycles. The number of cyclic esters (lactones) is 1. The van der Waals surface area contributed by atoms with E-state index in [1.54, 1.807) is 0 Å². The Labute approximate surface area is 89.9 Å². The van der Waals surface area contributed by atoms with E-state index < -0.39 is 11.9 Å². The van der Waals surface area contributed by atoms with E-state index in [4.69, 9.17) is 9.47 Å². The number of Topliss-reactive ketones (excluding diaryl/α,β-unsaturated/α-hetero) is 1. The van der Waals surface area contributed by atoms with Crippen molar-refractivity contribution in [2.75, 3.05) is 13.2 Å². The van der Waals surface area contributed by atoms with Crippen LogP contribution < -0.4 is 0 Å². The predicted molar refractivity (Wildman–Crippen MR) is 54.4 cm³/mol. The monoisotopic (exact) mass is 214 g/mol. The van der Waals surface area contributed by atoms with Gasteiger partial charge in [-0.1, -0.05) is 13.3 Å². The zero-order valence-electron chi connectivity index (χ0n) is 9.32. The van der Waals surface area contributed by atoms with Gasteiger partial charge >= 0.3 is 5.97 Å². The average Bonchev–Trinajstić information content (AvgIpc) is 2.55. The van der Waals surface area contributed by atoms with Gasteiger partial charge in [0.1, 0.15) is 17.8 Å². The molecule has 0 aliphatic carbocycles. The minimum atomic E-state index is -0.565. The van der Waals surface area contributed by atoms with Gasteiger partial charge in [0.05, 0.1) is 6.61 Å². The Hall–Kier alpha value is -0.900. The number of carbonyl (C=O) groups is 2. The molecule has 4 nitrogen and oxygen atoms in total. The summed E-state index contributed by atoms with van der Waals surface area (Å²) in [7, 11) is 0. The van der Waals surface area contributed by atoms with E-state index in [0.29, 0.717) is 19.6 Å². The number of hydrogen-bond donors (Lipinski definition) is 0. The smallest absolute Gasteiger partial charge is 0.316 e. The van der Waals surface area contributed by atoms with Crippen molar-refractivity contribution in [3.05, 3.63) is 0 Å². The summed E-state index contributed by atoms with van der Waals surface area (Å²) in [6.45, 7) is 4.61. The highest BCUT2D eigenvalue weighted by Crippen LogP contribution is 2.22. The quantitative estimate of drug-likeness (QED) is 0.380. The lowest BCUT2D eigenvalue weighted by Gasteiger charge is -2.08. The van der Waals surface area contributed by atoms with E-state index in [9.17, 15) is 9.59 Å². The summed E-state index contributed by atoms with van der Waals surface area (Å²) in [4.78, 5) is 22.3. The molecule has 86 valence electrons. The van der Waals surface area contributed by atoms with E-state index in [1.165, 1.54) is 6.92 Å². The van der Waals surface area contributed by atoms with E-state index in [1.807, 2.05) is 0 Å². The van der Waals surface area contributed by atoms with Crippen LogP contribution in [0.25, 0.3) is 0 Å². The predicted octanol–water partition coefficient (Wildman–Crippen LogP) is 1.32. The first-order chi connectivity index (χ1) is 7.15. The topological polar surface area (TPSA) is 52.6 Å². The van der Waals surface area contributed by atoms with Crippen LogP contribution >= 0.6 is 0 Å². The molecule has 15 heavy (non-hydrogen) atoms. The molecule has 0 amide bonds. The van der Waals surface area contributed by atoms with Gasteiger partial charge in [-0.15, -0.1) is 0 Å². The van der Waals surface area contributed by atoms with Gasteiger partial charge in [-0.3, -0.25) is 9.59 Å². The Morgan fingerprint density at radius 1 is 1.60 bits per heavy atom. The summed E-state index contributed by atoms with van der Waals surface area (Å²) in [6.07, 6.45) is 2.33. The lowest BCUT2D eigenvalue weighted by molar-refractivity contribution is -0.148. The maximum Gasteiger partial charge on any atom is 0.316 e. The van der Waals surface area contributed by atoms with Crippen molar-refractivity contribution in [3.63, 3.8) is 0 Å². The molecule has 0 aromatic rings. The lowest BCUT2D eigenvalue weighted by atomic mass is 10.0.